The lowest BCUT2D eigenvalue weighted by atomic mass is 10.2. The molecule has 1 atom stereocenters. The molecule has 118 valence electrons. The van der Waals surface area contributed by atoms with Gasteiger partial charge in [0, 0.05) is 0 Å². The van der Waals surface area contributed by atoms with Gasteiger partial charge in [0.15, 0.2) is 6.10 Å². The van der Waals surface area contributed by atoms with E-state index in [4.69, 9.17) is 4.74 Å². The Kier molecular flexibility index (Phi) is 4.34. The van der Waals surface area contributed by atoms with E-state index < -0.39 is 6.10 Å². The van der Waals surface area contributed by atoms with E-state index in [1.54, 1.807) is 17.9 Å². The Hall–Kier alpha value is -2.34. The number of rotatable bonds is 4. The van der Waals surface area contributed by atoms with Crippen molar-refractivity contribution in [2.24, 2.45) is 0 Å². The van der Waals surface area contributed by atoms with E-state index in [1.165, 1.54) is 0 Å². The predicted octanol–water partition coefficient (Wildman–Crippen LogP) is 3.64. The summed E-state index contributed by atoms with van der Waals surface area (Å²) in [6.07, 6.45) is 0.937. The number of para-hydroxylation sites is 2. The standard InChI is InChI=1S/C17H16BrN3O2/c1-11-7-8-16(13(18)9-11)23-12(2)17(22)20-21-10-19-14-5-3-4-6-15(14)21/h3-10,12H,1-2H3,(H,20,22). The molecule has 0 saturated carbocycles. The molecule has 0 aliphatic heterocycles. The van der Waals surface area contributed by atoms with E-state index in [9.17, 15) is 4.79 Å². The van der Waals surface area contributed by atoms with Crippen LogP contribution in [-0.2, 0) is 4.79 Å². The monoisotopic (exact) mass is 373 g/mol. The molecule has 0 radical (unpaired) electrons. The van der Waals surface area contributed by atoms with E-state index in [0.29, 0.717) is 5.75 Å². The van der Waals surface area contributed by atoms with Gasteiger partial charge in [0.1, 0.15) is 12.1 Å². The molecular weight excluding hydrogens is 358 g/mol. The number of aromatic nitrogens is 2. The van der Waals surface area contributed by atoms with Crippen molar-refractivity contribution in [2.45, 2.75) is 20.0 Å². The molecule has 0 aliphatic carbocycles. The average Bonchev–Trinajstić information content (AvgIpc) is 2.93. The fourth-order valence-corrected chi connectivity index (χ4v) is 2.79. The van der Waals surface area contributed by atoms with Crippen molar-refractivity contribution in [1.82, 2.24) is 9.66 Å². The molecule has 23 heavy (non-hydrogen) atoms. The topological polar surface area (TPSA) is 56.1 Å². The lowest BCUT2D eigenvalue weighted by molar-refractivity contribution is -0.123. The molecule has 6 heteroatoms. The molecule has 1 heterocycles. The van der Waals surface area contributed by atoms with Gasteiger partial charge >= 0.3 is 0 Å². The summed E-state index contributed by atoms with van der Waals surface area (Å²) in [4.78, 5) is 16.6. The molecule has 3 aromatic rings. The number of carbonyl (C=O) groups excluding carboxylic acids is 1. The predicted molar refractivity (Wildman–Crippen MR) is 93.1 cm³/mol. The number of fused-ring (bicyclic) bond motifs is 1. The first-order valence-electron chi connectivity index (χ1n) is 7.20. The second-order valence-electron chi connectivity index (χ2n) is 5.27. The number of ether oxygens (including phenoxy) is 1. The summed E-state index contributed by atoms with van der Waals surface area (Å²) in [5, 5.41) is 0. The second-order valence-corrected chi connectivity index (χ2v) is 6.13. The number of carbonyl (C=O) groups is 1. The van der Waals surface area contributed by atoms with Crippen LogP contribution in [0.15, 0.2) is 53.3 Å². The summed E-state index contributed by atoms with van der Waals surface area (Å²) in [5.74, 6) is 0.384. The third-order valence-electron chi connectivity index (χ3n) is 3.44. The van der Waals surface area contributed by atoms with Gasteiger partial charge < -0.3 is 4.74 Å². The zero-order valence-electron chi connectivity index (χ0n) is 12.8. The number of aryl methyl sites for hydroxylation is 1. The van der Waals surface area contributed by atoms with E-state index in [1.807, 2.05) is 49.4 Å². The number of halogens is 1. The molecule has 1 aromatic heterocycles. The highest BCUT2D eigenvalue weighted by atomic mass is 79.9. The minimum atomic E-state index is -0.643. The highest BCUT2D eigenvalue weighted by Crippen LogP contribution is 2.26. The molecule has 2 aromatic carbocycles. The molecule has 0 aliphatic rings. The summed E-state index contributed by atoms with van der Waals surface area (Å²) in [5.41, 5.74) is 5.57. The van der Waals surface area contributed by atoms with Gasteiger partial charge in [-0.3, -0.25) is 10.2 Å². The quantitative estimate of drug-likeness (QED) is 0.759. The van der Waals surface area contributed by atoms with E-state index in [0.717, 1.165) is 21.1 Å². The molecule has 0 fully saturated rings. The molecule has 0 saturated heterocycles. The summed E-state index contributed by atoms with van der Waals surface area (Å²) < 4.78 is 8.15. The van der Waals surface area contributed by atoms with Crippen molar-refractivity contribution < 1.29 is 9.53 Å². The molecular formula is C17H16BrN3O2. The van der Waals surface area contributed by atoms with Gasteiger partial charge in [-0.2, -0.15) is 0 Å². The average molecular weight is 374 g/mol. The van der Waals surface area contributed by atoms with Gasteiger partial charge in [0.2, 0.25) is 0 Å². The van der Waals surface area contributed by atoms with Crippen LogP contribution in [0.1, 0.15) is 12.5 Å². The smallest absolute Gasteiger partial charge is 0.279 e. The van der Waals surface area contributed by atoms with E-state index >= 15 is 0 Å². The number of nitrogens with zero attached hydrogens (tertiary/aromatic N) is 2. The Bertz CT molecular complexity index is 860. The molecule has 1 amide bonds. The van der Waals surface area contributed by atoms with Gasteiger partial charge in [0.05, 0.1) is 15.5 Å². The molecule has 5 nitrogen and oxygen atoms in total. The Labute approximate surface area is 142 Å². The van der Waals surface area contributed by atoms with Gasteiger partial charge in [-0.25, -0.2) is 9.66 Å². The first-order valence-corrected chi connectivity index (χ1v) is 7.99. The Morgan fingerprint density at radius 3 is 2.87 bits per heavy atom. The van der Waals surface area contributed by atoms with Crippen LogP contribution in [0.3, 0.4) is 0 Å². The van der Waals surface area contributed by atoms with Crippen LogP contribution in [0.5, 0.6) is 5.75 Å². The van der Waals surface area contributed by atoms with Crippen molar-refractivity contribution in [1.29, 1.82) is 0 Å². The number of imidazole rings is 1. The fourth-order valence-electron chi connectivity index (χ4n) is 2.20. The molecule has 1 N–H and O–H groups in total. The molecule has 3 rings (SSSR count). The number of amides is 1. The van der Waals surface area contributed by atoms with Crippen molar-refractivity contribution >= 4 is 32.9 Å². The maximum Gasteiger partial charge on any atom is 0.279 e. The van der Waals surface area contributed by atoms with Crippen LogP contribution in [0.2, 0.25) is 0 Å². The Morgan fingerprint density at radius 1 is 1.30 bits per heavy atom. The Morgan fingerprint density at radius 2 is 2.09 bits per heavy atom. The highest BCUT2D eigenvalue weighted by Gasteiger charge is 2.17. The van der Waals surface area contributed by atoms with E-state index in [-0.39, 0.29) is 5.91 Å². The Balaban J connectivity index is 1.72. The van der Waals surface area contributed by atoms with Crippen LogP contribution in [0.4, 0.5) is 0 Å². The van der Waals surface area contributed by atoms with Gasteiger partial charge in [-0.15, -0.1) is 0 Å². The van der Waals surface area contributed by atoms with Crippen LogP contribution >= 0.6 is 15.9 Å². The molecule has 0 bridgehead atoms. The summed E-state index contributed by atoms with van der Waals surface area (Å²) in [6.45, 7) is 3.70. The third kappa shape index (κ3) is 3.37. The summed E-state index contributed by atoms with van der Waals surface area (Å²) in [6, 6.07) is 13.3. The van der Waals surface area contributed by atoms with Crippen molar-refractivity contribution in [3.63, 3.8) is 0 Å². The zero-order valence-corrected chi connectivity index (χ0v) is 14.4. The molecule has 1 unspecified atom stereocenters. The maximum atomic E-state index is 12.3. The lowest BCUT2D eigenvalue weighted by Crippen LogP contribution is -2.34. The first kappa shape index (κ1) is 15.6. The minimum absolute atomic E-state index is 0.249. The number of benzene rings is 2. The summed E-state index contributed by atoms with van der Waals surface area (Å²) >= 11 is 3.45. The van der Waals surface area contributed by atoms with Gasteiger partial charge in [0.25, 0.3) is 5.91 Å². The summed E-state index contributed by atoms with van der Waals surface area (Å²) in [7, 11) is 0. The van der Waals surface area contributed by atoms with Crippen molar-refractivity contribution in [3.8, 4) is 5.75 Å². The van der Waals surface area contributed by atoms with Crippen molar-refractivity contribution in [3.05, 3.63) is 58.8 Å². The van der Waals surface area contributed by atoms with Gasteiger partial charge in [-0.1, -0.05) is 18.2 Å². The minimum Gasteiger partial charge on any atom is -0.480 e. The van der Waals surface area contributed by atoms with Gasteiger partial charge in [-0.05, 0) is 59.6 Å². The van der Waals surface area contributed by atoms with Crippen LogP contribution in [0, 0.1) is 6.92 Å². The normalized spacial score (nSPS) is 12.1. The van der Waals surface area contributed by atoms with Crippen molar-refractivity contribution in [2.75, 3.05) is 5.43 Å². The van der Waals surface area contributed by atoms with E-state index in [2.05, 4.69) is 26.3 Å². The first-order chi connectivity index (χ1) is 11.0. The van der Waals surface area contributed by atoms with Crippen LogP contribution in [0.25, 0.3) is 11.0 Å². The lowest BCUT2D eigenvalue weighted by Gasteiger charge is -2.16. The SMILES string of the molecule is Cc1ccc(OC(C)C(=O)Nn2cnc3ccccc32)c(Br)c1. The van der Waals surface area contributed by atoms with Crippen LogP contribution < -0.4 is 10.2 Å². The maximum absolute atomic E-state index is 12.3. The molecule has 0 spiro atoms. The number of hydrogen-bond acceptors (Lipinski definition) is 3. The largest absolute Gasteiger partial charge is 0.480 e. The fraction of sp³-hybridized carbons (Fsp3) is 0.176. The third-order valence-corrected chi connectivity index (χ3v) is 4.06. The highest BCUT2D eigenvalue weighted by molar-refractivity contribution is 9.10. The number of nitrogens with one attached hydrogen (secondary N) is 1. The zero-order chi connectivity index (χ0) is 16.4. The van der Waals surface area contributed by atoms with Crippen LogP contribution in [-0.4, -0.2) is 21.7 Å². The number of hydrogen-bond donors (Lipinski definition) is 1. The second kappa shape index (κ2) is 6.42.